The molecule has 1 amide bonds. The van der Waals surface area contributed by atoms with Crippen LogP contribution in [0.1, 0.15) is 33.6 Å². The smallest absolute Gasteiger partial charge is 0.410 e. The van der Waals surface area contributed by atoms with E-state index in [1.54, 1.807) is 17.0 Å². The highest BCUT2D eigenvalue weighted by molar-refractivity contribution is 7.89. The Balaban J connectivity index is 1.62. The van der Waals surface area contributed by atoms with Crippen LogP contribution in [0.2, 0.25) is 0 Å². The Morgan fingerprint density at radius 3 is 2.61 bits per heavy atom. The van der Waals surface area contributed by atoms with E-state index in [1.807, 2.05) is 51.1 Å². The van der Waals surface area contributed by atoms with Crippen molar-refractivity contribution in [2.45, 2.75) is 44.1 Å². The standard InChI is InChI=1S/C21H28N2O4S/c1-21(2,3)27-20(24)23-12-6-7-16(15-23)14-22-28(25,26)19-11-10-17-8-4-5-9-18(17)13-19/h4-5,8-11,13,16,22H,6-7,12,14-15H2,1-3H3. The molecule has 0 aromatic heterocycles. The number of carbonyl (C=O) groups excluding carboxylic acids is 1. The van der Waals surface area contributed by atoms with Crippen LogP contribution >= 0.6 is 0 Å². The van der Waals surface area contributed by atoms with E-state index in [2.05, 4.69) is 4.72 Å². The van der Waals surface area contributed by atoms with Crippen molar-refractivity contribution in [2.24, 2.45) is 5.92 Å². The van der Waals surface area contributed by atoms with Gasteiger partial charge in [0.05, 0.1) is 4.90 Å². The van der Waals surface area contributed by atoms with Crippen LogP contribution in [0, 0.1) is 5.92 Å². The maximum Gasteiger partial charge on any atom is 0.410 e. The number of carbonyl (C=O) groups is 1. The summed E-state index contributed by atoms with van der Waals surface area (Å²) in [5, 5.41) is 1.89. The van der Waals surface area contributed by atoms with Gasteiger partial charge in [0, 0.05) is 19.6 Å². The molecule has 0 bridgehead atoms. The van der Waals surface area contributed by atoms with Gasteiger partial charge in [-0.3, -0.25) is 0 Å². The van der Waals surface area contributed by atoms with Crippen LogP contribution in [0.5, 0.6) is 0 Å². The van der Waals surface area contributed by atoms with Crippen molar-refractivity contribution in [3.05, 3.63) is 42.5 Å². The zero-order valence-corrected chi connectivity index (χ0v) is 17.5. The fraction of sp³-hybridized carbons (Fsp3) is 0.476. The highest BCUT2D eigenvalue weighted by atomic mass is 32.2. The van der Waals surface area contributed by atoms with Gasteiger partial charge in [0.2, 0.25) is 10.0 Å². The number of hydrogen-bond donors (Lipinski definition) is 1. The van der Waals surface area contributed by atoms with E-state index in [0.29, 0.717) is 19.6 Å². The third kappa shape index (κ3) is 5.23. The van der Waals surface area contributed by atoms with Crippen molar-refractivity contribution in [3.63, 3.8) is 0 Å². The molecular weight excluding hydrogens is 376 g/mol. The zero-order valence-electron chi connectivity index (χ0n) is 16.6. The monoisotopic (exact) mass is 404 g/mol. The summed E-state index contributed by atoms with van der Waals surface area (Å²) in [6, 6.07) is 12.8. The van der Waals surface area contributed by atoms with E-state index in [9.17, 15) is 13.2 Å². The second-order valence-electron chi connectivity index (χ2n) is 8.30. The molecule has 1 saturated heterocycles. The lowest BCUT2D eigenvalue weighted by atomic mass is 9.99. The summed E-state index contributed by atoms with van der Waals surface area (Å²) in [5.74, 6) is 0.0662. The zero-order chi connectivity index (χ0) is 20.4. The summed E-state index contributed by atoms with van der Waals surface area (Å²) in [5.41, 5.74) is -0.540. The number of rotatable bonds is 4. The number of likely N-dealkylation sites (tertiary alicyclic amines) is 1. The minimum absolute atomic E-state index is 0.0662. The molecule has 2 aromatic carbocycles. The molecule has 7 heteroatoms. The van der Waals surface area contributed by atoms with Gasteiger partial charge < -0.3 is 9.64 Å². The van der Waals surface area contributed by atoms with Gasteiger partial charge in [-0.2, -0.15) is 0 Å². The normalized spacial score (nSPS) is 18.2. The minimum atomic E-state index is -3.60. The molecule has 1 fully saturated rings. The molecule has 3 rings (SSSR count). The average molecular weight is 405 g/mol. The molecule has 28 heavy (non-hydrogen) atoms. The third-order valence-electron chi connectivity index (χ3n) is 4.76. The lowest BCUT2D eigenvalue weighted by molar-refractivity contribution is 0.0169. The van der Waals surface area contributed by atoms with E-state index >= 15 is 0 Å². The fourth-order valence-corrected chi connectivity index (χ4v) is 4.52. The maximum atomic E-state index is 12.7. The van der Waals surface area contributed by atoms with Crippen LogP contribution in [0.4, 0.5) is 4.79 Å². The molecule has 0 radical (unpaired) electrons. The molecule has 1 heterocycles. The van der Waals surface area contributed by atoms with Crippen molar-refractivity contribution in [1.82, 2.24) is 9.62 Å². The lowest BCUT2D eigenvalue weighted by Crippen LogP contribution is -2.45. The number of benzene rings is 2. The van der Waals surface area contributed by atoms with E-state index in [1.165, 1.54) is 0 Å². The number of sulfonamides is 1. The first-order chi connectivity index (χ1) is 13.1. The molecule has 2 aromatic rings. The Kier molecular flexibility index (Phi) is 5.95. The second-order valence-corrected chi connectivity index (χ2v) is 10.1. The van der Waals surface area contributed by atoms with Gasteiger partial charge in [-0.05, 0) is 62.4 Å². The Morgan fingerprint density at radius 2 is 1.89 bits per heavy atom. The average Bonchev–Trinajstić information content (AvgIpc) is 2.65. The maximum absolute atomic E-state index is 12.7. The van der Waals surface area contributed by atoms with Crippen LogP contribution in [-0.2, 0) is 14.8 Å². The van der Waals surface area contributed by atoms with Gasteiger partial charge in [0.25, 0.3) is 0 Å². The molecular formula is C21H28N2O4S. The highest BCUT2D eigenvalue weighted by Crippen LogP contribution is 2.21. The molecule has 0 aliphatic carbocycles. The van der Waals surface area contributed by atoms with Crippen molar-refractivity contribution in [1.29, 1.82) is 0 Å². The Bertz CT molecular complexity index is 950. The number of nitrogens with one attached hydrogen (secondary N) is 1. The molecule has 1 unspecified atom stereocenters. The number of amides is 1. The van der Waals surface area contributed by atoms with Gasteiger partial charge in [-0.15, -0.1) is 0 Å². The van der Waals surface area contributed by atoms with E-state index in [0.717, 1.165) is 23.6 Å². The minimum Gasteiger partial charge on any atom is -0.444 e. The van der Waals surface area contributed by atoms with Crippen LogP contribution in [0.15, 0.2) is 47.4 Å². The molecule has 6 nitrogen and oxygen atoms in total. The molecule has 0 saturated carbocycles. The Morgan fingerprint density at radius 1 is 1.18 bits per heavy atom. The second kappa shape index (κ2) is 8.09. The van der Waals surface area contributed by atoms with Crippen LogP contribution in [-0.4, -0.2) is 44.6 Å². The first kappa shape index (κ1) is 20.6. The van der Waals surface area contributed by atoms with Crippen LogP contribution in [0.25, 0.3) is 10.8 Å². The largest absolute Gasteiger partial charge is 0.444 e. The topological polar surface area (TPSA) is 75.7 Å². The fourth-order valence-electron chi connectivity index (χ4n) is 3.37. The van der Waals surface area contributed by atoms with Crippen LogP contribution < -0.4 is 4.72 Å². The van der Waals surface area contributed by atoms with Gasteiger partial charge in [0.15, 0.2) is 0 Å². The van der Waals surface area contributed by atoms with E-state index < -0.39 is 15.6 Å². The summed E-state index contributed by atoms with van der Waals surface area (Å²) < 4.78 is 33.6. The number of fused-ring (bicyclic) bond motifs is 1. The van der Waals surface area contributed by atoms with Crippen molar-refractivity contribution in [2.75, 3.05) is 19.6 Å². The van der Waals surface area contributed by atoms with Gasteiger partial charge in [0.1, 0.15) is 5.60 Å². The number of nitrogens with zero attached hydrogens (tertiary/aromatic N) is 1. The summed E-state index contributed by atoms with van der Waals surface area (Å²) in [4.78, 5) is 14.2. The van der Waals surface area contributed by atoms with Gasteiger partial charge >= 0.3 is 6.09 Å². The summed E-state index contributed by atoms with van der Waals surface area (Å²) in [6.07, 6.45) is 1.37. The molecule has 152 valence electrons. The van der Waals surface area contributed by atoms with Gasteiger partial charge in [-0.25, -0.2) is 17.9 Å². The van der Waals surface area contributed by atoms with Gasteiger partial charge in [-0.1, -0.05) is 30.3 Å². The molecule has 1 N–H and O–H groups in total. The van der Waals surface area contributed by atoms with E-state index in [-0.39, 0.29) is 16.9 Å². The summed E-state index contributed by atoms with van der Waals surface area (Å²) in [6.45, 7) is 6.95. The number of ether oxygens (including phenoxy) is 1. The number of hydrogen-bond acceptors (Lipinski definition) is 4. The predicted molar refractivity (Wildman–Crippen MR) is 110 cm³/mol. The number of piperidine rings is 1. The van der Waals surface area contributed by atoms with Crippen LogP contribution in [0.3, 0.4) is 0 Å². The SMILES string of the molecule is CC(C)(C)OC(=O)N1CCCC(CNS(=O)(=O)c2ccc3ccccc3c2)C1. The quantitative estimate of drug-likeness (QED) is 0.842. The van der Waals surface area contributed by atoms with Crippen molar-refractivity contribution < 1.29 is 17.9 Å². The Labute approximate surface area is 166 Å². The summed E-state index contributed by atoms with van der Waals surface area (Å²) >= 11 is 0. The highest BCUT2D eigenvalue weighted by Gasteiger charge is 2.28. The van der Waals surface area contributed by atoms with Crippen molar-refractivity contribution >= 4 is 26.9 Å². The molecule has 1 aliphatic heterocycles. The molecule has 0 spiro atoms. The first-order valence-corrected chi connectivity index (χ1v) is 11.1. The van der Waals surface area contributed by atoms with Crippen molar-refractivity contribution in [3.8, 4) is 0 Å². The third-order valence-corrected chi connectivity index (χ3v) is 6.19. The Hall–Kier alpha value is -2.12. The molecule has 1 atom stereocenters. The van der Waals surface area contributed by atoms with E-state index in [4.69, 9.17) is 4.74 Å². The predicted octanol–water partition coefficient (Wildman–Crippen LogP) is 3.77. The summed E-state index contributed by atoms with van der Waals surface area (Å²) in [7, 11) is -3.60. The first-order valence-electron chi connectivity index (χ1n) is 9.60. The molecule has 1 aliphatic rings. The lowest BCUT2D eigenvalue weighted by Gasteiger charge is -2.34.